The van der Waals surface area contributed by atoms with Crippen molar-refractivity contribution < 1.29 is 11.4 Å². The van der Waals surface area contributed by atoms with Crippen molar-refractivity contribution in [1.82, 2.24) is 15.0 Å². The van der Waals surface area contributed by atoms with Crippen LogP contribution in [-0.4, -0.2) is 30.1 Å². The molecule has 0 fully saturated rings. The van der Waals surface area contributed by atoms with Gasteiger partial charge in [0, 0.05) is 29.4 Å². The third-order valence-electron chi connectivity index (χ3n) is 5.71. The number of fused-ring (bicyclic) bond motifs is 3. The summed E-state index contributed by atoms with van der Waals surface area (Å²) in [5.74, 6) is 1.84. The highest BCUT2D eigenvalue weighted by molar-refractivity contribution is 6.40. The van der Waals surface area contributed by atoms with Gasteiger partial charge in [-0.2, -0.15) is 0 Å². The second-order valence-corrected chi connectivity index (χ2v) is 9.26. The van der Waals surface area contributed by atoms with Crippen LogP contribution in [0.1, 0.15) is 11.3 Å². The van der Waals surface area contributed by atoms with E-state index in [0.717, 1.165) is 39.5 Å². The number of hydrogen-bond donors (Lipinski definition) is 0. The zero-order valence-corrected chi connectivity index (χ0v) is 19.9. The van der Waals surface area contributed by atoms with Gasteiger partial charge in [0.2, 0.25) is 0 Å². The molecule has 2 aromatic carbocycles. The van der Waals surface area contributed by atoms with Crippen molar-refractivity contribution in [1.29, 1.82) is 0 Å². The SMILES string of the molecule is C1=CCc2cccnc2C([O][Al]([O]c2cccc3cccnc23)[O]c2cccc3cccnc23)=C1. The summed E-state index contributed by atoms with van der Waals surface area (Å²) < 4.78 is 19.4. The highest BCUT2D eigenvalue weighted by Crippen LogP contribution is 2.29. The van der Waals surface area contributed by atoms with Crippen molar-refractivity contribution in [3.63, 3.8) is 0 Å². The molecule has 0 unspecified atom stereocenters. The minimum Gasteiger partial charge on any atom is -0.576 e. The maximum atomic E-state index is 6.49. The summed E-state index contributed by atoms with van der Waals surface area (Å²) in [5, 5.41) is 1.96. The fourth-order valence-corrected chi connectivity index (χ4v) is 5.41. The Bertz CT molecular complexity index is 1490. The van der Waals surface area contributed by atoms with Gasteiger partial charge >= 0.3 is 15.1 Å². The molecule has 0 aliphatic heterocycles. The number of allylic oxidation sites excluding steroid dienone is 3. The topological polar surface area (TPSA) is 66.4 Å². The number of para-hydroxylation sites is 2. The largest absolute Gasteiger partial charge is 1.20 e. The zero-order valence-electron chi connectivity index (χ0n) is 18.7. The van der Waals surface area contributed by atoms with Crippen LogP contribution >= 0.6 is 0 Å². The molecule has 6 nitrogen and oxygen atoms in total. The van der Waals surface area contributed by atoms with Crippen LogP contribution in [0.3, 0.4) is 0 Å². The van der Waals surface area contributed by atoms with E-state index in [1.165, 1.54) is 0 Å². The molecule has 0 amide bonds. The van der Waals surface area contributed by atoms with Gasteiger partial charge in [0.15, 0.2) is 0 Å². The number of nitrogens with zero attached hydrogens (tertiary/aromatic N) is 3. The second-order valence-electron chi connectivity index (χ2n) is 7.98. The number of hydrogen-bond acceptors (Lipinski definition) is 6. The van der Waals surface area contributed by atoms with Crippen LogP contribution in [0.4, 0.5) is 0 Å². The van der Waals surface area contributed by atoms with E-state index in [0.29, 0.717) is 17.3 Å². The first kappa shape index (κ1) is 21.4. The molecule has 0 bridgehead atoms. The Kier molecular flexibility index (Phi) is 5.85. The van der Waals surface area contributed by atoms with Crippen LogP contribution < -0.4 is 7.58 Å². The van der Waals surface area contributed by atoms with Crippen molar-refractivity contribution in [2.75, 3.05) is 0 Å². The normalized spacial score (nSPS) is 12.5. The molecule has 0 N–H and O–H groups in total. The highest BCUT2D eigenvalue weighted by atomic mass is 27.3. The molecule has 5 aromatic rings. The number of benzene rings is 2. The predicted octanol–water partition coefficient (Wildman–Crippen LogP) is 5.79. The Balaban J connectivity index is 1.40. The molecular formula is C28H20AlN3O3. The summed E-state index contributed by atoms with van der Waals surface area (Å²) >= 11 is -2.88. The summed E-state index contributed by atoms with van der Waals surface area (Å²) in [5.41, 5.74) is 3.38. The van der Waals surface area contributed by atoms with E-state index < -0.39 is 15.1 Å². The molecule has 35 heavy (non-hydrogen) atoms. The number of pyridine rings is 3. The smallest absolute Gasteiger partial charge is 0.576 e. The van der Waals surface area contributed by atoms with Gasteiger partial charge in [0.05, 0.1) is 0 Å². The second kappa shape index (κ2) is 9.59. The Labute approximate surface area is 207 Å². The van der Waals surface area contributed by atoms with Crippen molar-refractivity contribution >= 4 is 42.7 Å². The molecule has 6 rings (SSSR count). The van der Waals surface area contributed by atoms with Gasteiger partial charge in [-0.1, -0.05) is 54.6 Å². The lowest BCUT2D eigenvalue weighted by Gasteiger charge is -2.19. The maximum Gasteiger partial charge on any atom is 1.20 e. The summed E-state index contributed by atoms with van der Waals surface area (Å²) in [7, 11) is 0. The van der Waals surface area contributed by atoms with Gasteiger partial charge in [-0.3, -0.25) is 15.0 Å². The molecule has 1 aliphatic carbocycles. The van der Waals surface area contributed by atoms with Gasteiger partial charge in [-0.05, 0) is 48.4 Å². The first-order valence-corrected chi connectivity index (χ1v) is 12.8. The fourth-order valence-electron chi connectivity index (χ4n) is 4.08. The van der Waals surface area contributed by atoms with Gasteiger partial charge in [-0.15, -0.1) is 0 Å². The van der Waals surface area contributed by atoms with Gasteiger partial charge in [0.1, 0.15) is 34.0 Å². The van der Waals surface area contributed by atoms with E-state index in [1.54, 1.807) is 18.6 Å². The lowest BCUT2D eigenvalue weighted by atomic mass is 10.1. The predicted molar refractivity (Wildman–Crippen MR) is 137 cm³/mol. The number of aromatic nitrogens is 3. The molecule has 0 spiro atoms. The van der Waals surface area contributed by atoms with Gasteiger partial charge in [0.25, 0.3) is 0 Å². The summed E-state index contributed by atoms with van der Waals surface area (Å²) in [4.78, 5) is 13.6. The highest BCUT2D eigenvalue weighted by Gasteiger charge is 2.46. The summed E-state index contributed by atoms with van der Waals surface area (Å²) in [6, 6.07) is 23.4. The molecule has 0 saturated heterocycles. The Hall–Kier alpha value is -4.18. The van der Waals surface area contributed by atoms with E-state index in [-0.39, 0.29) is 0 Å². The van der Waals surface area contributed by atoms with Crippen LogP contribution in [0, 0.1) is 0 Å². The van der Waals surface area contributed by atoms with E-state index >= 15 is 0 Å². The molecule has 0 atom stereocenters. The molecule has 7 heteroatoms. The van der Waals surface area contributed by atoms with Crippen LogP contribution in [0.25, 0.3) is 27.6 Å². The van der Waals surface area contributed by atoms with Crippen molar-refractivity contribution in [3.8, 4) is 11.5 Å². The van der Waals surface area contributed by atoms with Gasteiger partial charge < -0.3 is 11.4 Å². The van der Waals surface area contributed by atoms with E-state index in [1.807, 2.05) is 78.9 Å². The molecular weight excluding hydrogens is 453 g/mol. The first-order valence-electron chi connectivity index (χ1n) is 11.3. The average molecular weight is 473 g/mol. The van der Waals surface area contributed by atoms with Crippen LogP contribution in [-0.2, 0) is 10.2 Å². The third kappa shape index (κ3) is 4.48. The summed E-state index contributed by atoms with van der Waals surface area (Å²) in [6.07, 6.45) is 12.0. The van der Waals surface area contributed by atoms with E-state index in [4.69, 9.17) is 11.4 Å². The monoisotopic (exact) mass is 473 g/mol. The Morgan fingerprint density at radius 2 is 1.23 bits per heavy atom. The van der Waals surface area contributed by atoms with E-state index in [2.05, 4.69) is 27.1 Å². The molecule has 1 aliphatic rings. The van der Waals surface area contributed by atoms with Crippen molar-refractivity contribution in [2.45, 2.75) is 6.42 Å². The van der Waals surface area contributed by atoms with Gasteiger partial charge in [-0.25, -0.2) is 0 Å². The zero-order chi connectivity index (χ0) is 23.5. The molecule has 3 aromatic heterocycles. The lowest BCUT2D eigenvalue weighted by Crippen LogP contribution is -2.33. The fraction of sp³-hybridized carbons (Fsp3) is 0.0357. The molecule has 3 heterocycles. The van der Waals surface area contributed by atoms with Crippen molar-refractivity contribution in [2.24, 2.45) is 0 Å². The third-order valence-corrected chi connectivity index (χ3v) is 7.05. The Morgan fingerprint density at radius 3 is 1.91 bits per heavy atom. The maximum absolute atomic E-state index is 6.49. The van der Waals surface area contributed by atoms with Crippen LogP contribution in [0.15, 0.2) is 110 Å². The lowest BCUT2D eigenvalue weighted by molar-refractivity contribution is 0.291. The molecule has 168 valence electrons. The van der Waals surface area contributed by atoms with Crippen LogP contribution in [0.5, 0.6) is 11.5 Å². The minimum atomic E-state index is -2.88. The van der Waals surface area contributed by atoms with Crippen molar-refractivity contribution in [3.05, 3.63) is 121 Å². The standard InChI is InChI=1S/C10H9NO.2C9H7NO.Al/c12-9-6-2-1-4-8-5-3-7-11-10(8)9;2*11-8-5-1-3-7-4-2-6-10-9(7)8;/h1-3,5-7,12H,4H2;2*1-6,11H;/q;;;+3/p-3. The van der Waals surface area contributed by atoms with Crippen LogP contribution in [0.2, 0.25) is 0 Å². The first-order chi connectivity index (χ1) is 17.3. The minimum absolute atomic E-state index is 0.610. The van der Waals surface area contributed by atoms with E-state index in [9.17, 15) is 0 Å². The molecule has 0 saturated carbocycles. The molecule has 0 radical (unpaired) electrons. The summed E-state index contributed by atoms with van der Waals surface area (Å²) in [6.45, 7) is 0. The number of rotatable bonds is 6. The average Bonchev–Trinajstić information content (AvgIpc) is 3.11. The Morgan fingerprint density at radius 1 is 0.629 bits per heavy atom. The quantitative estimate of drug-likeness (QED) is 0.291.